The largest absolute Gasteiger partial charge is 0.454 e. The van der Waals surface area contributed by atoms with Crippen LogP contribution in [0.15, 0.2) is 76.3 Å². The van der Waals surface area contributed by atoms with Crippen molar-refractivity contribution in [3.8, 4) is 22.5 Å². The van der Waals surface area contributed by atoms with Crippen LogP contribution in [0.2, 0.25) is 0 Å². The van der Waals surface area contributed by atoms with Crippen molar-refractivity contribution >= 4 is 31.8 Å². The number of nitrogens with zero attached hydrogens (tertiary/aromatic N) is 3. The van der Waals surface area contributed by atoms with E-state index in [0.717, 1.165) is 27.6 Å². The summed E-state index contributed by atoms with van der Waals surface area (Å²) < 4.78 is 31.9. The predicted octanol–water partition coefficient (Wildman–Crippen LogP) is 4.45. The number of aryl methyl sites for hydroxylation is 1. The Bertz CT molecular complexity index is 1500. The molecule has 0 spiro atoms. The molecule has 29 heavy (non-hydrogen) atoms. The Balaban J connectivity index is 1.68. The molecule has 7 heteroatoms. The van der Waals surface area contributed by atoms with Gasteiger partial charge < -0.3 is 4.42 Å². The van der Waals surface area contributed by atoms with Crippen molar-refractivity contribution in [2.45, 2.75) is 4.90 Å². The quantitative estimate of drug-likeness (QED) is 0.445. The Morgan fingerprint density at radius 1 is 1.00 bits per heavy atom. The average molecular weight is 403 g/mol. The van der Waals surface area contributed by atoms with Gasteiger partial charge >= 0.3 is 0 Å². The van der Waals surface area contributed by atoms with E-state index in [9.17, 15) is 8.42 Å². The van der Waals surface area contributed by atoms with Gasteiger partial charge in [-0.1, -0.05) is 24.3 Å². The van der Waals surface area contributed by atoms with Gasteiger partial charge in [0.15, 0.2) is 15.4 Å². The highest BCUT2D eigenvalue weighted by atomic mass is 32.2. The molecule has 0 N–H and O–H groups in total. The molecule has 0 radical (unpaired) electrons. The molecule has 0 fully saturated rings. The van der Waals surface area contributed by atoms with Crippen LogP contribution >= 0.6 is 0 Å². The number of pyridine rings is 1. The molecule has 0 saturated heterocycles. The zero-order chi connectivity index (χ0) is 20.2. The third-order valence-corrected chi connectivity index (χ3v) is 6.13. The molecule has 3 aromatic heterocycles. The lowest BCUT2D eigenvalue weighted by Crippen LogP contribution is -1.96. The number of fused-ring (bicyclic) bond motifs is 2. The smallest absolute Gasteiger partial charge is 0.175 e. The van der Waals surface area contributed by atoms with Crippen molar-refractivity contribution in [3.63, 3.8) is 0 Å². The minimum atomic E-state index is -3.30. The summed E-state index contributed by atoms with van der Waals surface area (Å²) in [4.78, 5) is 4.70. The first-order valence-corrected chi connectivity index (χ1v) is 10.9. The van der Waals surface area contributed by atoms with E-state index in [1.807, 2.05) is 54.3 Å². The number of hydrogen-bond acceptors (Lipinski definition) is 5. The second-order valence-corrected chi connectivity index (χ2v) is 9.04. The fraction of sp³-hybridized carbons (Fsp3) is 0.0909. The first-order chi connectivity index (χ1) is 13.9. The van der Waals surface area contributed by atoms with Gasteiger partial charge in [0.2, 0.25) is 0 Å². The van der Waals surface area contributed by atoms with Gasteiger partial charge in [0, 0.05) is 42.1 Å². The normalized spacial score (nSPS) is 12.1. The lowest BCUT2D eigenvalue weighted by Gasteiger charge is -2.05. The summed E-state index contributed by atoms with van der Waals surface area (Å²) in [5.41, 5.74) is 4.84. The molecular formula is C22H17N3O3S. The summed E-state index contributed by atoms with van der Waals surface area (Å²) in [5, 5.41) is 5.34. The highest BCUT2D eigenvalue weighted by Crippen LogP contribution is 2.35. The van der Waals surface area contributed by atoms with Gasteiger partial charge in [-0.15, -0.1) is 0 Å². The van der Waals surface area contributed by atoms with E-state index in [0.29, 0.717) is 16.9 Å². The van der Waals surface area contributed by atoms with E-state index in [2.05, 4.69) is 10.1 Å². The number of rotatable bonds is 3. The fourth-order valence-electron chi connectivity index (χ4n) is 3.50. The van der Waals surface area contributed by atoms with E-state index < -0.39 is 9.84 Å². The molecule has 0 saturated carbocycles. The van der Waals surface area contributed by atoms with Crippen molar-refractivity contribution in [1.29, 1.82) is 0 Å². The minimum Gasteiger partial charge on any atom is -0.454 e. The van der Waals surface area contributed by atoms with Crippen LogP contribution in [0.5, 0.6) is 0 Å². The molecule has 0 atom stereocenters. The summed E-state index contributed by atoms with van der Waals surface area (Å²) >= 11 is 0. The maximum absolute atomic E-state index is 11.9. The Labute approximate surface area is 167 Å². The van der Waals surface area contributed by atoms with E-state index in [1.165, 1.54) is 6.26 Å². The third kappa shape index (κ3) is 3.00. The zero-order valence-electron chi connectivity index (χ0n) is 15.8. The number of sulfone groups is 1. The van der Waals surface area contributed by atoms with Crippen LogP contribution in [-0.2, 0) is 16.9 Å². The van der Waals surface area contributed by atoms with Crippen molar-refractivity contribution in [2.75, 3.05) is 6.26 Å². The van der Waals surface area contributed by atoms with Crippen molar-refractivity contribution in [2.24, 2.45) is 7.05 Å². The summed E-state index contributed by atoms with van der Waals surface area (Å²) in [6.45, 7) is 0. The lowest BCUT2D eigenvalue weighted by molar-refractivity contribution is 0.602. The van der Waals surface area contributed by atoms with Crippen LogP contribution in [0.4, 0.5) is 0 Å². The summed E-state index contributed by atoms with van der Waals surface area (Å²) in [5.74, 6) is 0.697. The molecule has 0 bridgehead atoms. The molecule has 0 aliphatic carbocycles. The Morgan fingerprint density at radius 3 is 2.69 bits per heavy atom. The second kappa shape index (κ2) is 6.28. The molecular weight excluding hydrogens is 386 g/mol. The van der Waals surface area contributed by atoms with Gasteiger partial charge in [0.05, 0.1) is 16.6 Å². The summed E-state index contributed by atoms with van der Waals surface area (Å²) in [7, 11) is -1.40. The van der Waals surface area contributed by atoms with Crippen LogP contribution in [0.1, 0.15) is 0 Å². The van der Waals surface area contributed by atoms with Gasteiger partial charge in [-0.25, -0.2) is 8.42 Å². The van der Waals surface area contributed by atoms with E-state index >= 15 is 0 Å². The Morgan fingerprint density at radius 2 is 1.86 bits per heavy atom. The van der Waals surface area contributed by atoms with Gasteiger partial charge in [-0.05, 0) is 29.8 Å². The summed E-state index contributed by atoms with van der Waals surface area (Å²) in [6, 6.07) is 16.6. The molecule has 0 amide bonds. The lowest BCUT2D eigenvalue weighted by atomic mass is 10.1. The number of aromatic nitrogens is 3. The van der Waals surface area contributed by atoms with Crippen LogP contribution < -0.4 is 0 Å². The molecule has 5 rings (SSSR count). The third-order valence-electron chi connectivity index (χ3n) is 5.02. The molecule has 2 aromatic carbocycles. The number of furan rings is 1. The van der Waals surface area contributed by atoms with Crippen LogP contribution in [0, 0.1) is 0 Å². The van der Waals surface area contributed by atoms with Crippen molar-refractivity contribution in [1.82, 2.24) is 14.8 Å². The highest BCUT2D eigenvalue weighted by Gasteiger charge is 2.15. The Hall–Kier alpha value is -3.45. The topological polar surface area (TPSA) is 78.0 Å². The molecule has 0 unspecified atom stereocenters. The van der Waals surface area contributed by atoms with Crippen LogP contribution in [0.25, 0.3) is 44.5 Å². The van der Waals surface area contributed by atoms with Gasteiger partial charge in [-0.2, -0.15) is 5.10 Å². The van der Waals surface area contributed by atoms with Crippen molar-refractivity contribution in [3.05, 3.63) is 67.0 Å². The molecule has 0 aliphatic rings. The minimum absolute atomic E-state index is 0.272. The average Bonchev–Trinajstić information content (AvgIpc) is 3.31. The summed E-state index contributed by atoms with van der Waals surface area (Å²) in [6.07, 6.45) is 4.73. The van der Waals surface area contributed by atoms with Crippen molar-refractivity contribution < 1.29 is 12.8 Å². The molecule has 6 nitrogen and oxygen atoms in total. The van der Waals surface area contributed by atoms with Gasteiger partial charge in [0.25, 0.3) is 0 Å². The number of benzene rings is 2. The van der Waals surface area contributed by atoms with Gasteiger partial charge in [0.1, 0.15) is 11.3 Å². The fourth-order valence-corrected chi connectivity index (χ4v) is 4.17. The van der Waals surface area contributed by atoms with Gasteiger partial charge in [-0.3, -0.25) is 9.67 Å². The van der Waals surface area contributed by atoms with E-state index in [-0.39, 0.29) is 4.90 Å². The standard InChI is InChI=1S/C22H17N3O3S/c1-25-20-11-15(6-7-16(20)13-24-25)21-12-19-22(28-21)18(8-9-23-19)14-4-3-5-17(10-14)29(2,26)27/h3-13H,1-2H3. The second-order valence-electron chi connectivity index (χ2n) is 7.03. The maximum Gasteiger partial charge on any atom is 0.175 e. The monoisotopic (exact) mass is 403 g/mol. The van der Waals surface area contributed by atoms with Crippen LogP contribution in [-0.4, -0.2) is 29.4 Å². The first kappa shape index (κ1) is 17.6. The highest BCUT2D eigenvalue weighted by molar-refractivity contribution is 7.90. The first-order valence-electron chi connectivity index (χ1n) is 9.01. The molecule has 0 aliphatic heterocycles. The molecule has 3 heterocycles. The van der Waals surface area contributed by atoms with E-state index in [1.54, 1.807) is 24.4 Å². The predicted molar refractivity (Wildman–Crippen MR) is 112 cm³/mol. The Kier molecular flexibility index (Phi) is 3.82. The molecule has 144 valence electrons. The maximum atomic E-state index is 11.9. The number of hydrogen-bond donors (Lipinski definition) is 0. The SMILES string of the molecule is Cn1ncc2ccc(-c3cc4nccc(-c5cccc(S(C)(=O)=O)c5)c4o3)cc21. The van der Waals surface area contributed by atoms with E-state index in [4.69, 9.17) is 4.42 Å². The zero-order valence-corrected chi connectivity index (χ0v) is 16.6. The molecule has 5 aromatic rings. The van der Waals surface area contributed by atoms with Crippen LogP contribution in [0.3, 0.4) is 0 Å².